The van der Waals surface area contributed by atoms with Crippen LogP contribution in [-0.4, -0.2) is 12.7 Å². The standard InChI is InChI=1S/C29H24F2N4O3S/c1-4-17-13-21(28(26(33)25(17)32)38-24-10-7-18(30)14-23(24)31)22-15-34(3)29(36)27-20(22)11-12-35(27)39(37)19-8-5-16(2)6-9-19/h4-15H,1,32-33H2,2-3H3. The van der Waals surface area contributed by atoms with Crippen LogP contribution in [0, 0.1) is 18.6 Å². The lowest BCUT2D eigenvalue weighted by Crippen LogP contribution is -2.20. The lowest BCUT2D eigenvalue weighted by molar-refractivity contribution is 0.441. The molecule has 7 nitrogen and oxygen atoms in total. The average Bonchev–Trinajstić information content (AvgIpc) is 3.36. The highest BCUT2D eigenvalue weighted by molar-refractivity contribution is 7.83. The summed E-state index contributed by atoms with van der Waals surface area (Å²) < 4.78 is 50.2. The van der Waals surface area contributed by atoms with Crippen molar-refractivity contribution in [3.63, 3.8) is 0 Å². The molecule has 0 amide bonds. The summed E-state index contributed by atoms with van der Waals surface area (Å²) in [6.07, 6.45) is 4.66. The van der Waals surface area contributed by atoms with Gasteiger partial charge in [-0.2, -0.15) is 0 Å². The highest BCUT2D eigenvalue weighted by Crippen LogP contribution is 2.45. The monoisotopic (exact) mass is 546 g/mol. The normalized spacial score (nSPS) is 12.0. The van der Waals surface area contributed by atoms with Gasteiger partial charge in [-0.3, -0.25) is 8.77 Å². The predicted octanol–water partition coefficient (Wildman–Crippen LogP) is 5.76. The van der Waals surface area contributed by atoms with Gasteiger partial charge < -0.3 is 20.8 Å². The third-order valence-electron chi connectivity index (χ3n) is 6.40. The maximum absolute atomic E-state index is 14.6. The smallest absolute Gasteiger partial charge is 0.275 e. The Morgan fingerprint density at radius 2 is 1.72 bits per heavy atom. The number of aromatic nitrogens is 2. The average molecular weight is 547 g/mol. The first-order chi connectivity index (χ1) is 18.6. The van der Waals surface area contributed by atoms with E-state index in [0.717, 1.165) is 17.7 Å². The summed E-state index contributed by atoms with van der Waals surface area (Å²) in [5.41, 5.74) is 14.9. The quantitative estimate of drug-likeness (QED) is 0.263. The Hall–Kier alpha value is -4.70. The molecule has 5 aromatic rings. The number of nitrogens with two attached hydrogens (primary N) is 2. The van der Waals surface area contributed by atoms with E-state index in [1.165, 1.54) is 14.6 Å². The first-order valence-electron chi connectivity index (χ1n) is 11.8. The van der Waals surface area contributed by atoms with Crippen LogP contribution in [0.3, 0.4) is 0 Å². The molecule has 0 saturated carbocycles. The zero-order valence-electron chi connectivity index (χ0n) is 21.1. The van der Waals surface area contributed by atoms with Crippen LogP contribution in [0.25, 0.3) is 28.1 Å². The molecule has 4 N–H and O–H groups in total. The van der Waals surface area contributed by atoms with Crippen LogP contribution in [0.4, 0.5) is 20.2 Å². The molecule has 0 aliphatic carbocycles. The summed E-state index contributed by atoms with van der Waals surface area (Å²) in [6, 6.07) is 13.4. The molecule has 0 spiro atoms. The number of nitrogen functional groups attached to an aromatic ring is 2. The van der Waals surface area contributed by atoms with Crippen molar-refractivity contribution in [3.05, 3.63) is 107 Å². The fourth-order valence-electron chi connectivity index (χ4n) is 4.32. The summed E-state index contributed by atoms with van der Waals surface area (Å²) in [7, 11) is -0.150. The van der Waals surface area contributed by atoms with Crippen molar-refractivity contribution in [1.29, 1.82) is 0 Å². The van der Waals surface area contributed by atoms with E-state index in [1.54, 1.807) is 43.7 Å². The van der Waals surface area contributed by atoms with Gasteiger partial charge in [-0.1, -0.05) is 30.4 Å². The van der Waals surface area contributed by atoms with Gasteiger partial charge in [0.05, 0.1) is 16.3 Å². The van der Waals surface area contributed by atoms with E-state index < -0.39 is 22.6 Å². The highest BCUT2D eigenvalue weighted by Gasteiger charge is 2.23. The molecule has 2 heterocycles. The van der Waals surface area contributed by atoms with Gasteiger partial charge in [0.1, 0.15) is 11.3 Å². The highest BCUT2D eigenvalue weighted by atomic mass is 32.2. The minimum absolute atomic E-state index is 0.00999. The van der Waals surface area contributed by atoms with Crippen molar-refractivity contribution in [3.8, 4) is 22.6 Å². The second kappa shape index (κ2) is 9.88. The molecule has 39 heavy (non-hydrogen) atoms. The first kappa shape index (κ1) is 25.9. The van der Waals surface area contributed by atoms with Gasteiger partial charge in [0.2, 0.25) is 0 Å². The molecule has 5 rings (SSSR count). The molecule has 0 saturated heterocycles. The van der Waals surface area contributed by atoms with E-state index in [1.807, 2.05) is 19.1 Å². The first-order valence-corrected chi connectivity index (χ1v) is 12.9. The number of fused-ring (bicyclic) bond motifs is 1. The van der Waals surface area contributed by atoms with Crippen LogP contribution >= 0.6 is 0 Å². The van der Waals surface area contributed by atoms with Crippen molar-refractivity contribution in [2.45, 2.75) is 11.8 Å². The van der Waals surface area contributed by atoms with Gasteiger partial charge in [-0.15, -0.1) is 0 Å². The number of anilines is 2. The number of nitrogens with zero attached hydrogens (tertiary/aromatic N) is 2. The van der Waals surface area contributed by atoms with E-state index in [9.17, 15) is 17.8 Å². The van der Waals surface area contributed by atoms with Crippen LogP contribution < -0.4 is 21.8 Å². The second-order valence-corrected chi connectivity index (χ2v) is 10.3. The Kier molecular flexibility index (Phi) is 6.57. The van der Waals surface area contributed by atoms with Gasteiger partial charge in [0.15, 0.2) is 28.3 Å². The Bertz CT molecular complexity index is 1860. The van der Waals surface area contributed by atoms with Crippen LogP contribution in [0.5, 0.6) is 11.5 Å². The van der Waals surface area contributed by atoms with E-state index in [2.05, 4.69) is 6.58 Å². The van der Waals surface area contributed by atoms with E-state index in [0.29, 0.717) is 33.0 Å². The Labute approximate surface area is 225 Å². The van der Waals surface area contributed by atoms with Gasteiger partial charge in [-0.25, -0.2) is 13.0 Å². The summed E-state index contributed by atoms with van der Waals surface area (Å²) in [6.45, 7) is 5.71. The zero-order chi connectivity index (χ0) is 28.0. The van der Waals surface area contributed by atoms with Crippen LogP contribution in [0.2, 0.25) is 0 Å². The van der Waals surface area contributed by atoms with E-state index in [4.69, 9.17) is 16.2 Å². The number of halogens is 2. The van der Waals surface area contributed by atoms with E-state index in [-0.39, 0.29) is 33.9 Å². The molecule has 0 bridgehead atoms. The Morgan fingerprint density at radius 1 is 1.00 bits per heavy atom. The molecule has 10 heteroatoms. The number of benzene rings is 3. The summed E-state index contributed by atoms with van der Waals surface area (Å²) in [5.74, 6) is -1.96. The largest absolute Gasteiger partial charge is 0.451 e. The molecule has 1 atom stereocenters. The lowest BCUT2D eigenvalue weighted by Gasteiger charge is -2.19. The minimum atomic E-state index is -1.71. The lowest BCUT2D eigenvalue weighted by atomic mass is 9.97. The fourth-order valence-corrected chi connectivity index (χ4v) is 5.43. The molecule has 0 radical (unpaired) electrons. The van der Waals surface area contributed by atoms with Crippen LogP contribution in [0.1, 0.15) is 11.1 Å². The molecule has 1 unspecified atom stereocenters. The Morgan fingerprint density at radius 3 is 2.38 bits per heavy atom. The zero-order valence-corrected chi connectivity index (χ0v) is 21.9. The number of hydrogen-bond acceptors (Lipinski definition) is 5. The molecule has 198 valence electrons. The summed E-state index contributed by atoms with van der Waals surface area (Å²) in [4.78, 5) is 13.8. The van der Waals surface area contributed by atoms with Crippen molar-refractivity contribution in [2.75, 3.05) is 11.5 Å². The number of aryl methyl sites for hydroxylation is 2. The SMILES string of the molecule is C=Cc1cc(-c2cn(C)c(=O)c3c2ccn3S(=O)c2ccc(C)cc2)c(Oc2ccc(F)cc2F)c(N)c1N. The van der Waals surface area contributed by atoms with Gasteiger partial charge in [-0.05, 0) is 48.9 Å². The van der Waals surface area contributed by atoms with Crippen molar-refractivity contribution >= 4 is 39.3 Å². The maximum Gasteiger partial charge on any atom is 0.275 e. The fraction of sp³-hybridized carbons (Fsp3) is 0.0690. The molecule has 0 aliphatic heterocycles. The topological polar surface area (TPSA) is 105 Å². The third kappa shape index (κ3) is 4.48. The molecular formula is C29H24F2N4O3S. The second-order valence-electron chi connectivity index (χ2n) is 8.98. The number of pyridine rings is 1. The van der Waals surface area contributed by atoms with Crippen molar-refractivity contribution in [2.24, 2.45) is 7.05 Å². The molecule has 0 fully saturated rings. The van der Waals surface area contributed by atoms with Crippen molar-refractivity contribution in [1.82, 2.24) is 8.54 Å². The van der Waals surface area contributed by atoms with Crippen LogP contribution in [0.15, 0.2) is 83.3 Å². The summed E-state index contributed by atoms with van der Waals surface area (Å²) >= 11 is 0. The van der Waals surface area contributed by atoms with Gasteiger partial charge in [0.25, 0.3) is 5.56 Å². The predicted molar refractivity (Wildman–Crippen MR) is 151 cm³/mol. The number of ether oxygens (including phenoxy) is 1. The molecule has 2 aromatic heterocycles. The Balaban J connectivity index is 1.77. The van der Waals surface area contributed by atoms with E-state index >= 15 is 0 Å². The maximum atomic E-state index is 14.6. The third-order valence-corrected chi connectivity index (χ3v) is 7.73. The van der Waals surface area contributed by atoms with Crippen molar-refractivity contribution < 1.29 is 17.7 Å². The number of rotatable bonds is 6. The molecular weight excluding hydrogens is 522 g/mol. The minimum Gasteiger partial charge on any atom is -0.451 e. The van der Waals surface area contributed by atoms with Gasteiger partial charge >= 0.3 is 0 Å². The molecule has 3 aromatic carbocycles. The summed E-state index contributed by atoms with van der Waals surface area (Å²) in [5, 5.41) is 0.460. The molecule has 0 aliphatic rings. The van der Waals surface area contributed by atoms with Gasteiger partial charge in [0, 0.05) is 42.0 Å². The van der Waals surface area contributed by atoms with Crippen LogP contribution in [-0.2, 0) is 18.0 Å². The number of hydrogen-bond donors (Lipinski definition) is 2.